The van der Waals surface area contributed by atoms with Crippen molar-refractivity contribution < 1.29 is 0 Å². The van der Waals surface area contributed by atoms with Gasteiger partial charge in [-0.15, -0.1) is 11.3 Å². The quantitative estimate of drug-likeness (QED) is 0.700. The van der Waals surface area contributed by atoms with Gasteiger partial charge in [0.25, 0.3) is 0 Å². The zero-order chi connectivity index (χ0) is 12.1. The molecule has 1 aliphatic carbocycles. The Kier molecular flexibility index (Phi) is 2.02. The van der Waals surface area contributed by atoms with Crippen LogP contribution in [-0.4, -0.2) is 9.97 Å². The van der Waals surface area contributed by atoms with Crippen molar-refractivity contribution in [2.45, 2.75) is 19.3 Å². The van der Waals surface area contributed by atoms with Gasteiger partial charge in [0.05, 0.1) is 21.6 Å². The zero-order valence-electron chi connectivity index (χ0n) is 9.86. The fraction of sp³-hybridized carbons (Fsp3) is 0.214. The van der Waals surface area contributed by atoms with E-state index in [-0.39, 0.29) is 0 Å². The Labute approximate surface area is 109 Å². The molecule has 0 radical (unpaired) electrons. The van der Waals surface area contributed by atoms with E-state index in [0.717, 1.165) is 33.8 Å². The number of H-pyrrole nitrogens is 1. The topological polar surface area (TPSA) is 54.7 Å². The van der Waals surface area contributed by atoms with Crippen LogP contribution in [0.25, 0.3) is 22.4 Å². The van der Waals surface area contributed by atoms with Crippen molar-refractivity contribution in [3.63, 3.8) is 0 Å². The van der Waals surface area contributed by atoms with E-state index in [1.54, 1.807) is 11.3 Å². The van der Waals surface area contributed by atoms with E-state index >= 15 is 0 Å². The molecule has 0 atom stereocenters. The highest BCUT2D eigenvalue weighted by Gasteiger charge is 2.23. The molecule has 1 aromatic carbocycles. The van der Waals surface area contributed by atoms with E-state index in [1.165, 1.54) is 23.3 Å². The third-order valence-corrected chi connectivity index (χ3v) is 4.70. The van der Waals surface area contributed by atoms with Gasteiger partial charge in [-0.05, 0) is 37.0 Å². The fourth-order valence-electron chi connectivity index (χ4n) is 2.76. The Morgan fingerprint density at radius 1 is 1.22 bits per heavy atom. The Morgan fingerprint density at radius 3 is 3.00 bits per heavy atom. The molecule has 0 saturated heterocycles. The minimum atomic E-state index is 0.902. The molecule has 3 N–H and O–H groups in total. The molecule has 18 heavy (non-hydrogen) atoms. The maximum atomic E-state index is 6.16. The maximum Gasteiger partial charge on any atom is 0.141 e. The molecule has 1 aliphatic rings. The summed E-state index contributed by atoms with van der Waals surface area (Å²) in [4.78, 5) is 9.50. The van der Waals surface area contributed by atoms with E-state index in [1.807, 2.05) is 18.2 Å². The molecule has 90 valence electrons. The van der Waals surface area contributed by atoms with Crippen LogP contribution in [0.15, 0.2) is 24.3 Å². The minimum Gasteiger partial charge on any atom is -0.390 e. The predicted molar refractivity (Wildman–Crippen MR) is 75.8 cm³/mol. The molecular weight excluding hydrogens is 242 g/mol. The number of para-hydroxylation sites is 2. The molecule has 0 amide bonds. The first-order valence-corrected chi connectivity index (χ1v) is 7.00. The summed E-state index contributed by atoms with van der Waals surface area (Å²) in [5.74, 6) is 0.924. The lowest BCUT2D eigenvalue weighted by atomic mass is 10.1. The summed E-state index contributed by atoms with van der Waals surface area (Å²) in [5.41, 5.74) is 10.8. The molecule has 0 spiro atoms. The summed E-state index contributed by atoms with van der Waals surface area (Å²) in [6.07, 6.45) is 3.55. The van der Waals surface area contributed by atoms with Crippen LogP contribution in [0.2, 0.25) is 0 Å². The summed E-state index contributed by atoms with van der Waals surface area (Å²) in [7, 11) is 0. The number of nitrogens with two attached hydrogens (primary N) is 1. The molecule has 2 aromatic heterocycles. The summed E-state index contributed by atoms with van der Waals surface area (Å²) in [6.45, 7) is 0. The van der Waals surface area contributed by atoms with Gasteiger partial charge in [0.15, 0.2) is 0 Å². The van der Waals surface area contributed by atoms with Crippen molar-refractivity contribution in [3.8, 4) is 11.4 Å². The highest BCUT2D eigenvalue weighted by atomic mass is 32.1. The van der Waals surface area contributed by atoms with E-state index < -0.39 is 0 Å². The second-order valence-electron chi connectivity index (χ2n) is 4.70. The minimum absolute atomic E-state index is 0.902. The van der Waals surface area contributed by atoms with Gasteiger partial charge >= 0.3 is 0 Å². The number of nitrogens with zero attached hydrogens (tertiary/aromatic N) is 1. The Morgan fingerprint density at radius 2 is 2.11 bits per heavy atom. The average Bonchev–Trinajstić information content (AvgIpc) is 3.00. The lowest BCUT2D eigenvalue weighted by molar-refractivity contribution is 0.915. The lowest BCUT2D eigenvalue weighted by Gasteiger charge is -1.98. The zero-order valence-corrected chi connectivity index (χ0v) is 10.7. The molecule has 0 unspecified atom stereocenters. The summed E-state index contributed by atoms with van der Waals surface area (Å²) in [6, 6.07) is 8.10. The van der Waals surface area contributed by atoms with Crippen molar-refractivity contribution >= 4 is 27.4 Å². The number of aromatic nitrogens is 2. The average molecular weight is 255 g/mol. The van der Waals surface area contributed by atoms with Gasteiger partial charge in [-0.1, -0.05) is 12.1 Å². The van der Waals surface area contributed by atoms with E-state index in [9.17, 15) is 0 Å². The third-order valence-electron chi connectivity index (χ3n) is 3.57. The van der Waals surface area contributed by atoms with Crippen LogP contribution in [0.3, 0.4) is 0 Å². The van der Waals surface area contributed by atoms with Crippen LogP contribution in [-0.2, 0) is 12.8 Å². The normalized spacial score (nSPS) is 14.2. The fourth-order valence-corrected chi connectivity index (χ4v) is 3.92. The number of nitrogens with one attached hydrogen (secondary N) is 1. The number of rotatable bonds is 1. The summed E-state index contributed by atoms with van der Waals surface area (Å²) >= 11 is 1.73. The number of nitrogen functional groups attached to an aromatic ring is 1. The maximum absolute atomic E-state index is 6.16. The molecule has 0 bridgehead atoms. The first-order chi connectivity index (χ1) is 8.83. The molecular formula is C14H13N3S. The number of hydrogen-bond donors (Lipinski definition) is 2. The highest BCUT2D eigenvalue weighted by Crippen LogP contribution is 2.42. The molecule has 0 saturated carbocycles. The van der Waals surface area contributed by atoms with Crippen molar-refractivity contribution in [1.29, 1.82) is 0 Å². The van der Waals surface area contributed by atoms with Gasteiger partial charge in [0, 0.05) is 4.88 Å². The van der Waals surface area contributed by atoms with Crippen molar-refractivity contribution in [3.05, 3.63) is 34.7 Å². The van der Waals surface area contributed by atoms with Gasteiger partial charge in [-0.2, -0.15) is 0 Å². The van der Waals surface area contributed by atoms with E-state index in [4.69, 9.17) is 5.73 Å². The number of hydrogen-bond acceptors (Lipinski definition) is 3. The summed E-state index contributed by atoms with van der Waals surface area (Å²) in [5, 5.41) is 0.902. The Balaban J connectivity index is 1.97. The number of aryl methyl sites for hydroxylation is 1. The largest absolute Gasteiger partial charge is 0.390 e. The van der Waals surface area contributed by atoms with Crippen LogP contribution in [0.1, 0.15) is 16.9 Å². The van der Waals surface area contributed by atoms with Crippen LogP contribution in [0.4, 0.5) is 5.00 Å². The van der Waals surface area contributed by atoms with E-state index in [0.29, 0.717) is 0 Å². The van der Waals surface area contributed by atoms with Gasteiger partial charge in [0.2, 0.25) is 0 Å². The molecule has 3 aromatic rings. The SMILES string of the molecule is Nc1sc2c(c1-c1nc3ccccc3[nH]1)CCC2. The molecule has 4 rings (SSSR count). The standard InChI is InChI=1S/C14H13N3S/c15-13-12(8-4-3-7-11(8)18-13)14-16-9-5-1-2-6-10(9)17-14/h1-2,5-6H,3-4,7,15H2,(H,16,17). The molecule has 0 fully saturated rings. The first-order valence-electron chi connectivity index (χ1n) is 6.18. The second-order valence-corrected chi connectivity index (χ2v) is 5.84. The smallest absolute Gasteiger partial charge is 0.141 e. The Bertz CT molecular complexity index is 706. The molecule has 2 heterocycles. The molecule has 0 aliphatic heterocycles. The van der Waals surface area contributed by atoms with Gasteiger partial charge < -0.3 is 10.7 Å². The van der Waals surface area contributed by atoms with Crippen molar-refractivity contribution in [1.82, 2.24) is 9.97 Å². The van der Waals surface area contributed by atoms with Gasteiger partial charge in [-0.25, -0.2) is 4.98 Å². The van der Waals surface area contributed by atoms with E-state index in [2.05, 4.69) is 16.0 Å². The van der Waals surface area contributed by atoms with Crippen molar-refractivity contribution in [2.75, 3.05) is 5.73 Å². The number of fused-ring (bicyclic) bond motifs is 2. The first kappa shape index (κ1) is 10.1. The number of imidazole rings is 1. The van der Waals surface area contributed by atoms with Crippen molar-refractivity contribution in [2.24, 2.45) is 0 Å². The molecule has 3 nitrogen and oxygen atoms in total. The van der Waals surface area contributed by atoms with Crippen LogP contribution in [0, 0.1) is 0 Å². The van der Waals surface area contributed by atoms with Crippen LogP contribution in [0.5, 0.6) is 0 Å². The predicted octanol–water partition coefficient (Wildman–Crippen LogP) is 3.36. The number of aromatic amines is 1. The number of benzene rings is 1. The second kappa shape index (κ2) is 3.59. The third kappa shape index (κ3) is 1.32. The summed E-state index contributed by atoms with van der Waals surface area (Å²) < 4.78 is 0. The van der Waals surface area contributed by atoms with Gasteiger partial charge in [0.1, 0.15) is 5.82 Å². The molecule has 4 heteroatoms. The van der Waals surface area contributed by atoms with Crippen LogP contribution >= 0.6 is 11.3 Å². The lowest BCUT2D eigenvalue weighted by Crippen LogP contribution is -1.89. The highest BCUT2D eigenvalue weighted by molar-refractivity contribution is 7.16. The monoisotopic (exact) mass is 255 g/mol. The Hall–Kier alpha value is -1.81. The van der Waals surface area contributed by atoms with Crippen LogP contribution < -0.4 is 5.73 Å². The van der Waals surface area contributed by atoms with Gasteiger partial charge in [-0.3, -0.25) is 0 Å². The number of thiophene rings is 1. The number of anilines is 1.